The van der Waals surface area contributed by atoms with Crippen molar-refractivity contribution in [3.05, 3.63) is 29.3 Å². The van der Waals surface area contributed by atoms with Crippen LogP contribution < -0.4 is 0 Å². The molecule has 0 bridgehead atoms. The van der Waals surface area contributed by atoms with Crippen LogP contribution in [0, 0.1) is 0 Å². The van der Waals surface area contributed by atoms with E-state index in [9.17, 15) is 9.59 Å². The minimum Gasteiger partial charge on any atom is -0.480 e. The average Bonchev–Trinajstić information content (AvgIpc) is 2.89. The van der Waals surface area contributed by atoms with Gasteiger partial charge in [0.15, 0.2) is 0 Å². The molecule has 5 heteroatoms. The molecule has 1 amide bonds. The number of nitrogens with zero attached hydrogens (tertiary/aromatic N) is 1. The molecule has 0 atom stereocenters. The van der Waals surface area contributed by atoms with E-state index in [4.69, 9.17) is 5.11 Å². The lowest BCUT2D eigenvalue weighted by molar-refractivity contribution is -0.143. The van der Waals surface area contributed by atoms with Crippen molar-refractivity contribution >= 4 is 23.6 Å². The van der Waals surface area contributed by atoms with Gasteiger partial charge < -0.3 is 10.0 Å². The summed E-state index contributed by atoms with van der Waals surface area (Å²) in [6, 6.07) is 6.35. The first-order chi connectivity index (χ1) is 9.60. The van der Waals surface area contributed by atoms with E-state index in [1.165, 1.54) is 34.2 Å². The number of carboxylic acid groups (broad SMARTS) is 1. The molecule has 0 heterocycles. The minimum absolute atomic E-state index is 0.125. The molecule has 1 aliphatic carbocycles. The summed E-state index contributed by atoms with van der Waals surface area (Å²) in [6.07, 6.45) is 3.49. The summed E-state index contributed by atoms with van der Waals surface area (Å²) in [5.41, 5.74) is 2.81. The van der Waals surface area contributed by atoms with Gasteiger partial charge in [0.2, 0.25) is 5.91 Å². The van der Waals surface area contributed by atoms with Gasteiger partial charge in [-0.3, -0.25) is 9.59 Å². The Kier molecular flexibility index (Phi) is 5.06. The number of aliphatic carboxylic acids is 1. The van der Waals surface area contributed by atoms with Crippen LogP contribution in [0.5, 0.6) is 0 Å². The monoisotopic (exact) mass is 293 g/mol. The third kappa shape index (κ3) is 3.76. The number of amides is 1. The molecule has 1 N–H and O–H groups in total. The Morgan fingerprint density at radius 1 is 1.30 bits per heavy atom. The van der Waals surface area contributed by atoms with Crippen LogP contribution in [0.3, 0.4) is 0 Å². The van der Waals surface area contributed by atoms with Gasteiger partial charge in [-0.25, -0.2) is 0 Å². The second kappa shape index (κ2) is 6.79. The van der Waals surface area contributed by atoms with Gasteiger partial charge in [0.05, 0.1) is 5.75 Å². The molecule has 2 rings (SSSR count). The summed E-state index contributed by atoms with van der Waals surface area (Å²) in [7, 11) is 0. The van der Waals surface area contributed by atoms with Crippen LogP contribution >= 0.6 is 11.8 Å². The van der Waals surface area contributed by atoms with Gasteiger partial charge in [0, 0.05) is 11.4 Å². The number of fused-ring (bicyclic) bond motifs is 1. The van der Waals surface area contributed by atoms with E-state index in [-0.39, 0.29) is 12.5 Å². The summed E-state index contributed by atoms with van der Waals surface area (Å²) >= 11 is 1.48. The Morgan fingerprint density at radius 2 is 2.05 bits per heavy atom. The molecular formula is C15H19NO3S. The van der Waals surface area contributed by atoms with E-state index in [1.54, 1.807) is 6.92 Å². The molecule has 4 nitrogen and oxygen atoms in total. The fraction of sp³-hybridized carbons (Fsp3) is 0.467. The maximum atomic E-state index is 12.0. The highest BCUT2D eigenvalue weighted by atomic mass is 32.2. The number of hydrogen-bond acceptors (Lipinski definition) is 3. The number of thioether (sulfide) groups is 1. The molecule has 108 valence electrons. The zero-order chi connectivity index (χ0) is 14.5. The molecule has 0 radical (unpaired) electrons. The number of benzene rings is 1. The third-order valence-corrected chi connectivity index (χ3v) is 4.47. The first-order valence-corrected chi connectivity index (χ1v) is 7.83. The highest BCUT2D eigenvalue weighted by Crippen LogP contribution is 2.27. The molecule has 0 fully saturated rings. The zero-order valence-corrected chi connectivity index (χ0v) is 12.4. The number of carbonyl (C=O) groups excluding carboxylic acids is 1. The van der Waals surface area contributed by atoms with Crippen molar-refractivity contribution < 1.29 is 14.7 Å². The Morgan fingerprint density at radius 3 is 2.75 bits per heavy atom. The molecule has 0 unspecified atom stereocenters. The Balaban J connectivity index is 1.91. The normalized spacial score (nSPS) is 13.1. The fourth-order valence-electron chi connectivity index (χ4n) is 2.41. The molecule has 0 aliphatic heterocycles. The van der Waals surface area contributed by atoms with Crippen molar-refractivity contribution in [2.75, 3.05) is 18.8 Å². The highest BCUT2D eigenvalue weighted by molar-refractivity contribution is 8.00. The lowest BCUT2D eigenvalue weighted by atomic mass is 10.1. The molecule has 0 saturated carbocycles. The van der Waals surface area contributed by atoms with Gasteiger partial charge in [-0.05, 0) is 49.4 Å². The van der Waals surface area contributed by atoms with Crippen molar-refractivity contribution in [1.82, 2.24) is 4.90 Å². The van der Waals surface area contributed by atoms with E-state index in [0.717, 1.165) is 17.7 Å². The number of hydrogen-bond donors (Lipinski definition) is 1. The second-order valence-electron chi connectivity index (χ2n) is 4.87. The smallest absolute Gasteiger partial charge is 0.323 e. The first kappa shape index (κ1) is 14.9. The van der Waals surface area contributed by atoms with E-state index >= 15 is 0 Å². The highest BCUT2D eigenvalue weighted by Gasteiger charge is 2.16. The maximum absolute atomic E-state index is 12.0. The zero-order valence-electron chi connectivity index (χ0n) is 11.6. The topological polar surface area (TPSA) is 57.6 Å². The number of likely N-dealkylation sites (N-methyl/N-ethyl adjacent to an activating group) is 1. The van der Waals surface area contributed by atoms with Gasteiger partial charge in [0.1, 0.15) is 6.54 Å². The molecule has 1 aromatic rings. The summed E-state index contributed by atoms with van der Waals surface area (Å²) in [5, 5.41) is 8.75. The van der Waals surface area contributed by atoms with Gasteiger partial charge in [-0.15, -0.1) is 11.8 Å². The predicted octanol–water partition coefficient (Wildman–Crippen LogP) is 2.20. The summed E-state index contributed by atoms with van der Waals surface area (Å²) in [5.74, 6) is -0.803. The Labute approximate surface area is 123 Å². The Bertz CT molecular complexity index is 516. The molecule has 0 spiro atoms. The summed E-state index contributed by atoms with van der Waals surface area (Å²) < 4.78 is 0. The van der Waals surface area contributed by atoms with E-state index in [2.05, 4.69) is 18.2 Å². The molecule has 0 saturated heterocycles. The fourth-order valence-corrected chi connectivity index (χ4v) is 3.28. The number of carbonyl (C=O) groups is 2. The molecule has 0 aromatic heterocycles. The molecular weight excluding hydrogens is 274 g/mol. The van der Waals surface area contributed by atoms with E-state index in [1.807, 2.05) is 0 Å². The van der Waals surface area contributed by atoms with Gasteiger partial charge >= 0.3 is 5.97 Å². The van der Waals surface area contributed by atoms with Crippen LogP contribution in [-0.2, 0) is 22.4 Å². The molecule has 20 heavy (non-hydrogen) atoms. The van der Waals surface area contributed by atoms with Crippen molar-refractivity contribution in [2.45, 2.75) is 31.1 Å². The standard InChI is InChI=1S/C15H19NO3S/c1-2-16(9-15(18)19)14(17)10-20-13-7-6-11-4-3-5-12(11)8-13/h6-8H,2-5,9-10H2,1H3,(H,18,19). The van der Waals surface area contributed by atoms with Crippen LogP contribution in [0.15, 0.2) is 23.1 Å². The average molecular weight is 293 g/mol. The first-order valence-electron chi connectivity index (χ1n) is 6.84. The second-order valence-corrected chi connectivity index (χ2v) is 5.92. The van der Waals surface area contributed by atoms with Gasteiger partial charge in [0.25, 0.3) is 0 Å². The predicted molar refractivity (Wildman–Crippen MR) is 79.1 cm³/mol. The van der Waals surface area contributed by atoms with Crippen LogP contribution in [0.25, 0.3) is 0 Å². The Hall–Kier alpha value is -1.49. The van der Waals surface area contributed by atoms with E-state index < -0.39 is 5.97 Å². The number of aryl methyl sites for hydroxylation is 2. The maximum Gasteiger partial charge on any atom is 0.323 e. The van der Waals surface area contributed by atoms with Crippen LogP contribution in [0.2, 0.25) is 0 Å². The lowest BCUT2D eigenvalue weighted by Crippen LogP contribution is -2.36. The summed E-state index contributed by atoms with van der Waals surface area (Å²) in [4.78, 5) is 25.1. The van der Waals surface area contributed by atoms with Crippen LogP contribution in [0.4, 0.5) is 0 Å². The van der Waals surface area contributed by atoms with Gasteiger partial charge in [-0.1, -0.05) is 6.07 Å². The SMILES string of the molecule is CCN(CC(=O)O)C(=O)CSc1ccc2c(c1)CCC2. The van der Waals surface area contributed by atoms with Crippen molar-refractivity contribution in [3.8, 4) is 0 Å². The largest absolute Gasteiger partial charge is 0.480 e. The van der Waals surface area contributed by atoms with Crippen LogP contribution in [-0.4, -0.2) is 40.7 Å². The third-order valence-electron chi connectivity index (χ3n) is 3.49. The minimum atomic E-state index is -0.970. The summed E-state index contributed by atoms with van der Waals surface area (Å²) in [6.45, 7) is 2.00. The van der Waals surface area contributed by atoms with Crippen LogP contribution in [0.1, 0.15) is 24.5 Å². The van der Waals surface area contributed by atoms with Crippen molar-refractivity contribution in [3.63, 3.8) is 0 Å². The van der Waals surface area contributed by atoms with Crippen molar-refractivity contribution in [1.29, 1.82) is 0 Å². The number of carboxylic acids is 1. The van der Waals surface area contributed by atoms with Gasteiger partial charge in [-0.2, -0.15) is 0 Å². The number of rotatable bonds is 6. The van der Waals surface area contributed by atoms with Crippen molar-refractivity contribution in [2.24, 2.45) is 0 Å². The quantitative estimate of drug-likeness (QED) is 0.817. The van der Waals surface area contributed by atoms with E-state index in [0.29, 0.717) is 12.3 Å². The molecule has 1 aromatic carbocycles. The molecule has 1 aliphatic rings. The lowest BCUT2D eigenvalue weighted by Gasteiger charge is -2.18.